The Hall–Kier alpha value is -1.77. The van der Waals surface area contributed by atoms with Crippen molar-refractivity contribution < 1.29 is 14.7 Å². The fourth-order valence-electron chi connectivity index (χ4n) is 0.573. The minimum Gasteiger partial charge on any atom is -0.480 e. The van der Waals surface area contributed by atoms with Crippen LogP contribution in [0.4, 0.5) is 9.93 Å². The van der Waals surface area contributed by atoms with Gasteiger partial charge in [-0.15, -0.1) is 0 Å². The summed E-state index contributed by atoms with van der Waals surface area (Å²) >= 11 is 0.895. The molecule has 0 aliphatic carbocycles. The van der Waals surface area contributed by atoms with Crippen LogP contribution in [0, 0.1) is 0 Å². The third-order valence-electron chi connectivity index (χ3n) is 1.24. The summed E-state index contributed by atoms with van der Waals surface area (Å²) < 4.78 is 3.41. The molecule has 0 aliphatic heterocycles. The van der Waals surface area contributed by atoms with Crippen LogP contribution in [0.5, 0.6) is 0 Å². The number of urea groups is 1. The van der Waals surface area contributed by atoms with Crippen LogP contribution in [-0.4, -0.2) is 37.9 Å². The first-order chi connectivity index (χ1) is 6.59. The van der Waals surface area contributed by atoms with E-state index in [-0.39, 0.29) is 5.13 Å². The quantitative estimate of drug-likeness (QED) is 0.630. The number of nitrogens with one attached hydrogen (secondary N) is 2. The number of carboxylic acids is 1. The molecule has 0 aromatic carbocycles. The Kier molecular flexibility index (Phi) is 3.29. The number of hydrogen-bond acceptors (Lipinski definition) is 6. The van der Waals surface area contributed by atoms with Crippen molar-refractivity contribution in [3.05, 3.63) is 0 Å². The van der Waals surface area contributed by atoms with Crippen molar-refractivity contribution in [3.8, 4) is 0 Å². The number of nitrogens with zero attached hydrogens (tertiary/aromatic N) is 3. The number of rotatable bonds is 3. The second-order valence-corrected chi connectivity index (χ2v) is 3.06. The van der Waals surface area contributed by atoms with Crippen molar-refractivity contribution in [1.82, 2.24) is 20.1 Å². The number of carboxylic acid groups (broad SMARTS) is 1. The van der Waals surface area contributed by atoms with Gasteiger partial charge in [-0.25, -0.2) is 4.79 Å². The molecule has 0 radical (unpaired) electrons. The Morgan fingerprint density at radius 1 is 1.57 bits per heavy atom. The van der Waals surface area contributed by atoms with Crippen molar-refractivity contribution >= 4 is 28.7 Å². The second kappa shape index (κ2) is 4.46. The van der Waals surface area contributed by atoms with Crippen molar-refractivity contribution in [2.24, 2.45) is 0 Å². The van der Waals surface area contributed by atoms with Crippen LogP contribution in [-0.2, 0) is 4.79 Å². The molecule has 0 aliphatic rings. The van der Waals surface area contributed by atoms with Gasteiger partial charge in [0.1, 0.15) is 6.04 Å². The molecule has 0 saturated carbocycles. The number of aliphatic carboxylic acids is 1. The first-order valence-corrected chi connectivity index (χ1v) is 4.32. The van der Waals surface area contributed by atoms with Gasteiger partial charge in [0.15, 0.2) is 0 Å². The summed E-state index contributed by atoms with van der Waals surface area (Å²) in [6, 6.07) is -1.62. The monoisotopic (exact) mass is 217 g/mol. The highest BCUT2D eigenvalue weighted by Gasteiger charge is 2.14. The van der Waals surface area contributed by atoms with Crippen molar-refractivity contribution in [2.75, 3.05) is 5.32 Å². The largest absolute Gasteiger partial charge is 0.480 e. The molecular weight excluding hydrogens is 210 g/mol. The molecule has 1 aromatic heterocycles. The molecule has 1 unspecified atom stereocenters. The van der Waals surface area contributed by atoms with Crippen LogP contribution in [0.3, 0.4) is 0 Å². The summed E-state index contributed by atoms with van der Waals surface area (Å²) in [4.78, 5) is 21.4. The van der Waals surface area contributed by atoms with E-state index in [4.69, 9.17) is 5.11 Å². The van der Waals surface area contributed by atoms with E-state index in [2.05, 4.69) is 25.4 Å². The molecule has 3 N–H and O–H groups in total. The van der Waals surface area contributed by atoms with Crippen LogP contribution in [0.15, 0.2) is 0 Å². The lowest BCUT2D eigenvalue weighted by molar-refractivity contribution is -0.138. The molecule has 14 heavy (non-hydrogen) atoms. The minimum absolute atomic E-state index is 0.208. The third kappa shape index (κ3) is 2.94. The average molecular weight is 217 g/mol. The van der Waals surface area contributed by atoms with Gasteiger partial charge in [0.25, 0.3) is 0 Å². The molecule has 0 bridgehead atoms. The lowest BCUT2D eigenvalue weighted by atomic mass is 10.3. The molecule has 2 amide bonds. The zero-order valence-corrected chi connectivity index (χ0v) is 7.91. The van der Waals surface area contributed by atoms with Crippen LogP contribution in [0.2, 0.25) is 0 Å². The lowest BCUT2D eigenvalue weighted by Crippen LogP contribution is -2.40. The first-order valence-electron chi connectivity index (χ1n) is 3.55. The van der Waals surface area contributed by atoms with Gasteiger partial charge in [-0.2, -0.15) is 0 Å². The van der Waals surface area contributed by atoms with Gasteiger partial charge in [-0.1, -0.05) is 9.59 Å². The van der Waals surface area contributed by atoms with Crippen molar-refractivity contribution in [1.29, 1.82) is 0 Å². The molecule has 1 aromatic rings. The molecule has 1 atom stereocenters. The maximum atomic E-state index is 11.1. The van der Waals surface area contributed by atoms with E-state index in [1.54, 1.807) is 0 Å². The van der Waals surface area contributed by atoms with Gasteiger partial charge in [0.2, 0.25) is 5.13 Å². The topological polar surface area (TPSA) is 117 Å². The zero-order valence-electron chi connectivity index (χ0n) is 7.09. The van der Waals surface area contributed by atoms with E-state index in [1.807, 2.05) is 0 Å². The van der Waals surface area contributed by atoms with Gasteiger partial charge in [0, 0.05) is 11.5 Å². The number of carbonyl (C=O) groups is 2. The fraction of sp³-hybridized carbons (Fsp3) is 0.400. The number of carbonyl (C=O) groups excluding carboxylic acids is 1. The lowest BCUT2D eigenvalue weighted by Gasteiger charge is -2.07. The Bertz CT molecular complexity index is 326. The standard InChI is InChI=1S/C5H7N5O3S/c1-2(3(11)12)6-4(13)7-5-8-9-10-14-5/h2H,1H3,(H,11,12)(H2,6,7,8,10,13). The Labute approximate surface area is 82.5 Å². The number of aromatic nitrogens is 3. The van der Waals surface area contributed by atoms with Gasteiger partial charge >= 0.3 is 12.0 Å². The van der Waals surface area contributed by atoms with Gasteiger partial charge in [-0.05, 0) is 12.1 Å². The molecule has 76 valence electrons. The van der Waals surface area contributed by atoms with Crippen LogP contribution in [0.1, 0.15) is 6.92 Å². The number of amides is 2. The molecule has 0 fully saturated rings. The van der Waals surface area contributed by atoms with Crippen molar-refractivity contribution in [2.45, 2.75) is 13.0 Å². The molecule has 0 saturated heterocycles. The molecule has 9 heteroatoms. The van der Waals surface area contributed by atoms with Crippen LogP contribution in [0.25, 0.3) is 0 Å². The maximum absolute atomic E-state index is 11.1. The molecule has 1 rings (SSSR count). The molecule has 0 spiro atoms. The predicted molar refractivity (Wildman–Crippen MR) is 47.0 cm³/mol. The van der Waals surface area contributed by atoms with Crippen LogP contribution >= 0.6 is 11.5 Å². The van der Waals surface area contributed by atoms with Gasteiger partial charge in [-0.3, -0.25) is 10.1 Å². The zero-order chi connectivity index (χ0) is 10.6. The fourth-order valence-corrected chi connectivity index (χ4v) is 0.935. The molecule has 1 heterocycles. The van der Waals surface area contributed by atoms with E-state index < -0.39 is 18.0 Å². The smallest absolute Gasteiger partial charge is 0.325 e. The van der Waals surface area contributed by atoms with Crippen molar-refractivity contribution in [3.63, 3.8) is 0 Å². The summed E-state index contributed by atoms with van der Waals surface area (Å²) in [7, 11) is 0. The number of anilines is 1. The maximum Gasteiger partial charge on any atom is 0.325 e. The van der Waals surface area contributed by atoms with E-state index >= 15 is 0 Å². The highest BCUT2D eigenvalue weighted by Crippen LogP contribution is 2.03. The van der Waals surface area contributed by atoms with E-state index in [9.17, 15) is 9.59 Å². The Balaban J connectivity index is 2.40. The van der Waals surface area contributed by atoms with E-state index in [0.29, 0.717) is 0 Å². The third-order valence-corrected chi connectivity index (χ3v) is 1.75. The second-order valence-electron chi connectivity index (χ2n) is 2.33. The van der Waals surface area contributed by atoms with E-state index in [1.165, 1.54) is 6.92 Å². The number of hydrogen-bond donors (Lipinski definition) is 3. The SMILES string of the molecule is CC(NC(=O)Nc1nnns1)C(=O)O. The predicted octanol–water partition coefficient (Wildman–Crippen LogP) is -0.472. The summed E-state index contributed by atoms with van der Waals surface area (Å²) in [6.07, 6.45) is 0. The summed E-state index contributed by atoms with van der Waals surface area (Å²) in [5.41, 5.74) is 0. The average Bonchev–Trinajstić information content (AvgIpc) is 2.56. The van der Waals surface area contributed by atoms with E-state index in [0.717, 1.165) is 11.5 Å². The normalized spacial score (nSPS) is 11.8. The molecular formula is C5H7N5O3S. The highest BCUT2D eigenvalue weighted by atomic mass is 32.1. The summed E-state index contributed by atoms with van der Waals surface area (Å²) in [5.74, 6) is -1.12. The Morgan fingerprint density at radius 2 is 2.29 bits per heavy atom. The summed E-state index contributed by atoms with van der Waals surface area (Å²) in [6.45, 7) is 1.35. The Morgan fingerprint density at radius 3 is 2.79 bits per heavy atom. The minimum atomic E-state index is -1.12. The highest BCUT2D eigenvalue weighted by molar-refractivity contribution is 7.09. The summed E-state index contributed by atoms with van der Waals surface area (Å²) in [5, 5.41) is 19.8. The first kappa shape index (κ1) is 10.3. The van der Waals surface area contributed by atoms with Gasteiger partial charge in [0.05, 0.1) is 0 Å². The molecule has 8 nitrogen and oxygen atoms in total. The van der Waals surface area contributed by atoms with Gasteiger partial charge < -0.3 is 10.4 Å². The van der Waals surface area contributed by atoms with Crippen LogP contribution < -0.4 is 10.6 Å².